The van der Waals surface area contributed by atoms with Crippen molar-refractivity contribution in [3.63, 3.8) is 0 Å². The highest BCUT2D eigenvalue weighted by atomic mass is 15.1. The third kappa shape index (κ3) is 3.18. The molecule has 0 unspecified atom stereocenters. The van der Waals surface area contributed by atoms with E-state index in [9.17, 15) is 5.26 Å². The monoisotopic (exact) mass is 340 g/mol. The molecule has 1 heterocycles. The molecule has 0 spiro atoms. The summed E-state index contributed by atoms with van der Waals surface area (Å²) in [6, 6.07) is 21.9. The Labute approximate surface area is 155 Å². The van der Waals surface area contributed by atoms with Crippen molar-refractivity contribution in [2.24, 2.45) is 0 Å². The SMILES string of the molecule is CCc1ccc(-c2ccc3cc(N4CCCCC4)ccc3c2)c(C#N)c1. The lowest BCUT2D eigenvalue weighted by Crippen LogP contribution is -2.29. The van der Waals surface area contributed by atoms with Gasteiger partial charge in [0.05, 0.1) is 11.6 Å². The Balaban J connectivity index is 1.71. The number of nitriles is 1. The maximum absolute atomic E-state index is 9.54. The van der Waals surface area contributed by atoms with Gasteiger partial charge in [0.1, 0.15) is 0 Å². The molecule has 26 heavy (non-hydrogen) atoms. The fourth-order valence-electron chi connectivity index (χ4n) is 3.91. The van der Waals surface area contributed by atoms with Crippen molar-refractivity contribution in [3.8, 4) is 17.2 Å². The van der Waals surface area contributed by atoms with E-state index in [-0.39, 0.29) is 0 Å². The minimum absolute atomic E-state index is 0.758. The third-order valence-corrected chi connectivity index (χ3v) is 5.47. The van der Waals surface area contributed by atoms with Crippen LogP contribution >= 0.6 is 0 Å². The minimum atomic E-state index is 0.758. The summed E-state index contributed by atoms with van der Waals surface area (Å²) in [5.41, 5.74) is 5.43. The van der Waals surface area contributed by atoms with Crippen LogP contribution in [0.2, 0.25) is 0 Å². The first-order chi connectivity index (χ1) is 12.8. The normalized spacial score (nSPS) is 14.4. The van der Waals surface area contributed by atoms with Gasteiger partial charge in [-0.1, -0.05) is 37.3 Å². The first-order valence-electron chi connectivity index (χ1n) is 9.60. The molecule has 2 heteroatoms. The Morgan fingerprint density at radius 1 is 0.885 bits per heavy atom. The van der Waals surface area contributed by atoms with Crippen LogP contribution in [0.3, 0.4) is 0 Å². The van der Waals surface area contributed by atoms with Gasteiger partial charge in [-0.2, -0.15) is 5.26 Å². The molecular weight excluding hydrogens is 316 g/mol. The molecule has 3 aromatic rings. The summed E-state index contributed by atoms with van der Waals surface area (Å²) in [4.78, 5) is 2.49. The predicted molar refractivity (Wildman–Crippen MR) is 110 cm³/mol. The summed E-state index contributed by atoms with van der Waals surface area (Å²) in [6.45, 7) is 4.45. The Kier molecular flexibility index (Phi) is 4.63. The molecule has 0 bridgehead atoms. The molecule has 0 N–H and O–H groups in total. The van der Waals surface area contributed by atoms with Crippen LogP contribution < -0.4 is 4.90 Å². The lowest BCUT2D eigenvalue weighted by atomic mass is 9.95. The van der Waals surface area contributed by atoms with E-state index in [0.717, 1.165) is 23.1 Å². The zero-order chi connectivity index (χ0) is 17.9. The second kappa shape index (κ2) is 7.22. The van der Waals surface area contributed by atoms with Crippen LogP contribution in [0.5, 0.6) is 0 Å². The molecule has 1 aliphatic rings. The fourth-order valence-corrected chi connectivity index (χ4v) is 3.91. The number of aryl methyl sites for hydroxylation is 1. The van der Waals surface area contributed by atoms with E-state index >= 15 is 0 Å². The molecule has 3 aromatic carbocycles. The molecule has 1 fully saturated rings. The van der Waals surface area contributed by atoms with Crippen LogP contribution in [0, 0.1) is 11.3 Å². The molecule has 1 saturated heterocycles. The number of hydrogen-bond donors (Lipinski definition) is 0. The van der Waals surface area contributed by atoms with Crippen molar-refractivity contribution in [2.75, 3.05) is 18.0 Å². The van der Waals surface area contributed by atoms with Crippen molar-refractivity contribution in [2.45, 2.75) is 32.6 Å². The third-order valence-electron chi connectivity index (χ3n) is 5.47. The van der Waals surface area contributed by atoms with Crippen molar-refractivity contribution in [1.82, 2.24) is 0 Å². The lowest BCUT2D eigenvalue weighted by molar-refractivity contribution is 0.578. The van der Waals surface area contributed by atoms with Crippen LogP contribution in [0.15, 0.2) is 54.6 Å². The summed E-state index contributed by atoms with van der Waals surface area (Å²) in [6.07, 6.45) is 4.89. The van der Waals surface area contributed by atoms with E-state index in [1.807, 2.05) is 6.07 Å². The predicted octanol–water partition coefficient (Wildman–Crippen LogP) is 5.93. The number of fused-ring (bicyclic) bond motifs is 1. The Hall–Kier alpha value is -2.79. The van der Waals surface area contributed by atoms with E-state index < -0.39 is 0 Å². The van der Waals surface area contributed by atoms with Crippen molar-refractivity contribution in [3.05, 3.63) is 65.7 Å². The Morgan fingerprint density at radius 3 is 2.42 bits per heavy atom. The number of piperidine rings is 1. The average Bonchev–Trinajstić information content (AvgIpc) is 2.73. The smallest absolute Gasteiger partial charge is 0.0998 e. The highest BCUT2D eigenvalue weighted by Gasteiger charge is 2.12. The Morgan fingerprint density at radius 2 is 1.65 bits per heavy atom. The topological polar surface area (TPSA) is 27.0 Å². The number of benzene rings is 3. The van der Waals surface area contributed by atoms with Crippen LogP contribution in [0.25, 0.3) is 21.9 Å². The molecule has 0 saturated carbocycles. The lowest BCUT2D eigenvalue weighted by Gasteiger charge is -2.29. The number of hydrogen-bond acceptors (Lipinski definition) is 2. The van der Waals surface area contributed by atoms with Gasteiger partial charge in [-0.25, -0.2) is 0 Å². The molecule has 0 aromatic heterocycles. The van der Waals surface area contributed by atoms with Gasteiger partial charge >= 0.3 is 0 Å². The molecule has 0 aliphatic carbocycles. The van der Waals surface area contributed by atoms with E-state index in [1.165, 1.54) is 54.4 Å². The summed E-state index contributed by atoms with van der Waals surface area (Å²) in [5.74, 6) is 0. The summed E-state index contributed by atoms with van der Waals surface area (Å²) in [7, 11) is 0. The van der Waals surface area contributed by atoms with Crippen LogP contribution in [0.4, 0.5) is 5.69 Å². The molecule has 1 aliphatic heterocycles. The number of nitrogens with zero attached hydrogens (tertiary/aromatic N) is 2. The van der Waals surface area contributed by atoms with E-state index in [1.54, 1.807) is 0 Å². The van der Waals surface area contributed by atoms with E-state index in [2.05, 4.69) is 66.4 Å². The summed E-state index contributed by atoms with van der Waals surface area (Å²) in [5, 5.41) is 12.0. The molecular formula is C24H24N2. The van der Waals surface area contributed by atoms with Crippen LogP contribution in [0.1, 0.15) is 37.3 Å². The van der Waals surface area contributed by atoms with Gasteiger partial charge in [0.25, 0.3) is 0 Å². The first-order valence-corrected chi connectivity index (χ1v) is 9.60. The maximum Gasteiger partial charge on any atom is 0.0998 e. The van der Waals surface area contributed by atoms with E-state index in [4.69, 9.17) is 0 Å². The Bertz CT molecular complexity index is 975. The van der Waals surface area contributed by atoms with Crippen molar-refractivity contribution < 1.29 is 0 Å². The fraction of sp³-hybridized carbons (Fsp3) is 0.292. The van der Waals surface area contributed by atoms with Gasteiger partial charge in [-0.05, 0) is 77.4 Å². The molecule has 0 radical (unpaired) electrons. The van der Waals surface area contributed by atoms with Gasteiger partial charge in [-0.15, -0.1) is 0 Å². The number of anilines is 1. The van der Waals surface area contributed by atoms with Gasteiger partial charge in [0.15, 0.2) is 0 Å². The molecule has 130 valence electrons. The molecule has 2 nitrogen and oxygen atoms in total. The zero-order valence-electron chi connectivity index (χ0n) is 15.3. The summed E-state index contributed by atoms with van der Waals surface area (Å²) < 4.78 is 0. The number of rotatable bonds is 3. The van der Waals surface area contributed by atoms with E-state index in [0.29, 0.717) is 0 Å². The zero-order valence-corrected chi connectivity index (χ0v) is 15.3. The second-order valence-electron chi connectivity index (χ2n) is 7.14. The quantitative estimate of drug-likeness (QED) is 0.591. The molecule has 0 amide bonds. The second-order valence-corrected chi connectivity index (χ2v) is 7.14. The van der Waals surface area contributed by atoms with Gasteiger partial charge in [0.2, 0.25) is 0 Å². The first kappa shape index (κ1) is 16.7. The average molecular weight is 340 g/mol. The molecule has 4 rings (SSSR count). The largest absolute Gasteiger partial charge is 0.372 e. The highest BCUT2D eigenvalue weighted by Crippen LogP contribution is 2.30. The minimum Gasteiger partial charge on any atom is -0.372 e. The van der Waals surface area contributed by atoms with Crippen molar-refractivity contribution in [1.29, 1.82) is 5.26 Å². The maximum atomic E-state index is 9.54. The van der Waals surface area contributed by atoms with Gasteiger partial charge < -0.3 is 4.90 Å². The van der Waals surface area contributed by atoms with Crippen molar-refractivity contribution >= 4 is 16.5 Å². The molecule has 0 atom stereocenters. The standard InChI is InChI=1S/C24H24N2/c1-2-18-6-11-24(22(14-18)17-25)21-8-7-20-16-23(10-9-19(20)15-21)26-12-4-3-5-13-26/h6-11,14-16H,2-5,12-13H2,1H3. The van der Waals surface area contributed by atoms with Gasteiger partial charge in [-0.3, -0.25) is 0 Å². The highest BCUT2D eigenvalue weighted by molar-refractivity contribution is 5.90. The van der Waals surface area contributed by atoms with Crippen LogP contribution in [-0.2, 0) is 6.42 Å². The van der Waals surface area contributed by atoms with Crippen LogP contribution in [-0.4, -0.2) is 13.1 Å². The van der Waals surface area contributed by atoms with Gasteiger partial charge in [0, 0.05) is 18.8 Å². The summed E-state index contributed by atoms with van der Waals surface area (Å²) >= 11 is 0.